The van der Waals surface area contributed by atoms with Gasteiger partial charge in [-0.1, -0.05) is 0 Å². The van der Waals surface area contributed by atoms with Gasteiger partial charge in [0, 0.05) is 11.3 Å². The number of carbonyl (C=O) groups is 1. The molecule has 1 saturated heterocycles. The van der Waals surface area contributed by atoms with Crippen LogP contribution in [0.4, 0.5) is 5.82 Å². The summed E-state index contributed by atoms with van der Waals surface area (Å²) in [6.45, 7) is 4.80. The van der Waals surface area contributed by atoms with Gasteiger partial charge in [-0.05, 0) is 33.2 Å². The minimum atomic E-state index is -0.0543. The van der Waals surface area contributed by atoms with Crippen molar-refractivity contribution in [3.63, 3.8) is 0 Å². The largest absolute Gasteiger partial charge is 0.308 e. The van der Waals surface area contributed by atoms with E-state index in [1.165, 1.54) is 0 Å². The highest BCUT2D eigenvalue weighted by Gasteiger charge is 2.23. The molecule has 1 fully saturated rings. The van der Waals surface area contributed by atoms with Gasteiger partial charge >= 0.3 is 0 Å². The van der Waals surface area contributed by atoms with Crippen LogP contribution in [0.25, 0.3) is 0 Å². The first-order valence-corrected chi connectivity index (χ1v) is 5.24. The van der Waals surface area contributed by atoms with Crippen molar-refractivity contribution in [2.45, 2.75) is 32.7 Å². The molecule has 2 rings (SSSR count). The number of aromatic nitrogens is 2. The number of hydrogen-bond donors (Lipinski definition) is 3. The van der Waals surface area contributed by atoms with E-state index >= 15 is 0 Å². The Morgan fingerprint density at radius 1 is 1.53 bits per heavy atom. The molecule has 1 unspecified atom stereocenters. The molecular weight excluding hydrogens is 192 g/mol. The molecule has 3 N–H and O–H groups in total. The first kappa shape index (κ1) is 10.2. The van der Waals surface area contributed by atoms with Crippen molar-refractivity contribution < 1.29 is 4.79 Å². The first-order chi connectivity index (χ1) is 7.18. The van der Waals surface area contributed by atoms with Gasteiger partial charge in [-0.25, -0.2) is 0 Å². The SMILES string of the molecule is Cc1[nH]nc(NC(=O)C2CCCN2)c1C. The number of nitrogens with zero attached hydrogens (tertiary/aromatic N) is 1. The smallest absolute Gasteiger partial charge is 0.242 e. The summed E-state index contributed by atoms with van der Waals surface area (Å²) >= 11 is 0. The predicted molar refractivity (Wildman–Crippen MR) is 57.7 cm³/mol. The zero-order valence-corrected chi connectivity index (χ0v) is 9.05. The molecule has 0 saturated carbocycles. The first-order valence-electron chi connectivity index (χ1n) is 5.24. The van der Waals surface area contributed by atoms with E-state index in [0.29, 0.717) is 5.82 Å². The van der Waals surface area contributed by atoms with Crippen LogP contribution in [0.2, 0.25) is 0 Å². The predicted octanol–water partition coefficient (Wildman–Crippen LogP) is 0.717. The lowest BCUT2D eigenvalue weighted by Gasteiger charge is -2.09. The van der Waals surface area contributed by atoms with E-state index in [0.717, 1.165) is 30.6 Å². The fourth-order valence-electron chi connectivity index (χ4n) is 1.72. The third-order valence-electron chi connectivity index (χ3n) is 2.87. The van der Waals surface area contributed by atoms with Crippen molar-refractivity contribution >= 4 is 11.7 Å². The summed E-state index contributed by atoms with van der Waals surface area (Å²) in [5.41, 5.74) is 1.99. The van der Waals surface area contributed by atoms with Crippen LogP contribution < -0.4 is 10.6 Å². The lowest BCUT2D eigenvalue weighted by atomic mass is 10.2. The van der Waals surface area contributed by atoms with Crippen molar-refractivity contribution in [2.24, 2.45) is 0 Å². The Morgan fingerprint density at radius 3 is 2.87 bits per heavy atom. The van der Waals surface area contributed by atoms with E-state index in [-0.39, 0.29) is 11.9 Å². The monoisotopic (exact) mass is 208 g/mol. The van der Waals surface area contributed by atoms with Crippen LogP contribution in [-0.2, 0) is 4.79 Å². The van der Waals surface area contributed by atoms with Crippen LogP contribution in [0.5, 0.6) is 0 Å². The fourth-order valence-corrected chi connectivity index (χ4v) is 1.72. The minimum Gasteiger partial charge on any atom is -0.308 e. The number of amides is 1. The molecule has 5 nitrogen and oxygen atoms in total. The van der Waals surface area contributed by atoms with Crippen LogP contribution in [0.15, 0.2) is 0 Å². The maximum Gasteiger partial charge on any atom is 0.242 e. The molecule has 0 spiro atoms. The Balaban J connectivity index is 2.02. The van der Waals surface area contributed by atoms with Gasteiger partial charge in [-0.15, -0.1) is 0 Å². The zero-order chi connectivity index (χ0) is 10.8. The molecule has 0 aliphatic carbocycles. The molecule has 0 bridgehead atoms. The normalized spacial score (nSPS) is 20.5. The van der Waals surface area contributed by atoms with E-state index in [1.807, 2.05) is 13.8 Å². The number of nitrogens with one attached hydrogen (secondary N) is 3. The standard InChI is InChI=1S/C10H16N4O/c1-6-7(2)13-14-9(6)12-10(15)8-4-3-5-11-8/h8,11H,3-5H2,1-2H3,(H2,12,13,14,15). The Labute approximate surface area is 88.6 Å². The van der Waals surface area contributed by atoms with Crippen LogP contribution in [0.3, 0.4) is 0 Å². The van der Waals surface area contributed by atoms with Crippen molar-refractivity contribution in [1.82, 2.24) is 15.5 Å². The van der Waals surface area contributed by atoms with Gasteiger partial charge in [0.1, 0.15) is 0 Å². The van der Waals surface area contributed by atoms with E-state index in [2.05, 4.69) is 20.8 Å². The van der Waals surface area contributed by atoms with Crippen LogP contribution >= 0.6 is 0 Å². The number of carbonyl (C=O) groups excluding carboxylic acids is 1. The molecule has 1 aromatic rings. The number of anilines is 1. The van der Waals surface area contributed by atoms with E-state index < -0.39 is 0 Å². The molecule has 1 aliphatic heterocycles. The number of aryl methyl sites for hydroxylation is 1. The average Bonchev–Trinajstić information content (AvgIpc) is 2.83. The van der Waals surface area contributed by atoms with Gasteiger partial charge in [0.25, 0.3) is 0 Å². The van der Waals surface area contributed by atoms with Crippen molar-refractivity contribution in [1.29, 1.82) is 0 Å². The van der Waals surface area contributed by atoms with Crippen molar-refractivity contribution in [3.05, 3.63) is 11.3 Å². The maximum absolute atomic E-state index is 11.7. The second-order valence-electron chi connectivity index (χ2n) is 3.96. The molecule has 0 aromatic carbocycles. The molecule has 1 aliphatic rings. The summed E-state index contributed by atoms with van der Waals surface area (Å²) in [7, 11) is 0. The summed E-state index contributed by atoms with van der Waals surface area (Å²) < 4.78 is 0. The highest BCUT2D eigenvalue weighted by molar-refractivity contribution is 5.94. The van der Waals surface area contributed by atoms with E-state index in [4.69, 9.17) is 0 Å². The Kier molecular flexibility index (Phi) is 2.73. The summed E-state index contributed by atoms with van der Waals surface area (Å²) in [6.07, 6.45) is 1.98. The maximum atomic E-state index is 11.7. The molecule has 5 heteroatoms. The molecule has 1 aromatic heterocycles. The number of H-pyrrole nitrogens is 1. The summed E-state index contributed by atoms with van der Waals surface area (Å²) in [5, 5.41) is 12.9. The molecule has 82 valence electrons. The molecular formula is C10H16N4O. The highest BCUT2D eigenvalue weighted by Crippen LogP contribution is 2.15. The quantitative estimate of drug-likeness (QED) is 0.670. The van der Waals surface area contributed by atoms with E-state index in [1.54, 1.807) is 0 Å². The number of rotatable bonds is 2. The molecule has 2 heterocycles. The highest BCUT2D eigenvalue weighted by atomic mass is 16.2. The third-order valence-corrected chi connectivity index (χ3v) is 2.87. The van der Waals surface area contributed by atoms with Gasteiger partial charge in [-0.3, -0.25) is 9.89 Å². The van der Waals surface area contributed by atoms with Crippen LogP contribution in [-0.4, -0.2) is 28.7 Å². The van der Waals surface area contributed by atoms with Crippen LogP contribution in [0.1, 0.15) is 24.1 Å². The average molecular weight is 208 g/mol. The zero-order valence-electron chi connectivity index (χ0n) is 9.05. The number of aromatic amines is 1. The fraction of sp³-hybridized carbons (Fsp3) is 0.600. The lowest BCUT2D eigenvalue weighted by molar-refractivity contribution is -0.117. The van der Waals surface area contributed by atoms with Gasteiger partial charge in [0.05, 0.1) is 6.04 Å². The molecule has 0 radical (unpaired) electrons. The van der Waals surface area contributed by atoms with Gasteiger partial charge in [-0.2, -0.15) is 5.10 Å². The second-order valence-corrected chi connectivity index (χ2v) is 3.96. The third kappa shape index (κ3) is 2.02. The molecule has 15 heavy (non-hydrogen) atoms. The summed E-state index contributed by atoms with van der Waals surface area (Å²) in [5.74, 6) is 0.660. The summed E-state index contributed by atoms with van der Waals surface area (Å²) in [6, 6.07) is -0.0543. The topological polar surface area (TPSA) is 69.8 Å². The Morgan fingerprint density at radius 2 is 2.33 bits per heavy atom. The Hall–Kier alpha value is -1.36. The van der Waals surface area contributed by atoms with Gasteiger partial charge in [0.15, 0.2) is 5.82 Å². The van der Waals surface area contributed by atoms with Crippen LogP contribution in [0, 0.1) is 13.8 Å². The van der Waals surface area contributed by atoms with Crippen molar-refractivity contribution in [3.8, 4) is 0 Å². The summed E-state index contributed by atoms with van der Waals surface area (Å²) in [4.78, 5) is 11.7. The van der Waals surface area contributed by atoms with Gasteiger partial charge < -0.3 is 10.6 Å². The van der Waals surface area contributed by atoms with Crippen molar-refractivity contribution in [2.75, 3.05) is 11.9 Å². The van der Waals surface area contributed by atoms with Gasteiger partial charge in [0.2, 0.25) is 5.91 Å². The minimum absolute atomic E-state index is 0.0158. The second kappa shape index (κ2) is 4.02. The molecule has 1 atom stereocenters. The molecule has 1 amide bonds. The van der Waals surface area contributed by atoms with E-state index in [9.17, 15) is 4.79 Å². The number of hydrogen-bond acceptors (Lipinski definition) is 3. The Bertz CT molecular complexity index is 365. The lowest BCUT2D eigenvalue weighted by Crippen LogP contribution is -2.35.